The van der Waals surface area contributed by atoms with Gasteiger partial charge in [0.1, 0.15) is 5.82 Å². The Balaban J connectivity index is 1.77. The fraction of sp³-hybridized carbons (Fsp3) is 0.533. The van der Waals surface area contributed by atoms with Gasteiger partial charge in [0.15, 0.2) is 0 Å². The van der Waals surface area contributed by atoms with Crippen LogP contribution in [0.25, 0.3) is 0 Å². The van der Waals surface area contributed by atoms with Crippen LogP contribution in [0.1, 0.15) is 19.8 Å². The number of halogens is 1. The van der Waals surface area contributed by atoms with Crippen molar-refractivity contribution >= 4 is 11.6 Å². The third kappa shape index (κ3) is 4.02. The molecule has 1 aliphatic heterocycles. The minimum Gasteiger partial charge on any atom is -0.326 e. The second kappa shape index (κ2) is 6.81. The standard InChI is InChI=1S/C15H22FN3O/c1-11-6-8-19(10-13(11)17)9-7-15(20)18-14-5-3-2-4-12(14)16/h2-5,11,13H,6-10,17H2,1H3,(H,18,20). The molecule has 1 aromatic carbocycles. The molecule has 0 saturated carbocycles. The molecule has 4 nitrogen and oxygen atoms in total. The lowest BCUT2D eigenvalue weighted by atomic mass is 9.94. The van der Waals surface area contributed by atoms with E-state index in [1.165, 1.54) is 6.07 Å². The molecule has 1 amide bonds. The smallest absolute Gasteiger partial charge is 0.225 e. The van der Waals surface area contributed by atoms with Gasteiger partial charge in [-0.1, -0.05) is 19.1 Å². The van der Waals surface area contributed by atoms with Crippen molar-refractivity contribution in [3.8, 4) is 0 Å². The molecule has 1 heterocycles. The van der Waals surface area contributed by atoms with E-state index in [2.05, 4.69) is 17.1 Å². The van der Waals surface area contributed by atoms with Gasteiger partial charge < -0.3 is 16.0 Å². The highest BCUT2D eigenvalue weighted by Gasteiger charge is 2.23. The fourth-order valence-electron chi connectivity index (χ4n) is 2.41. The van der Waals surface area contributed by atoms with Gasteiger partial charge in [-0.2, -0.15) is 0 Å². The van der Waals surface area contributed by atoms with E-state index in [9.17, 15) is 9.18 Å². The number of para-hydroxylation sites is 1. The predicted octanol–water partition coefficient (Wildman–Crippen LogP) is 1.82. The molecule has 0 spiro atoms. The minimum atomic E-state index is -0.408. The van der Waals surface area contributed by atoms with E-state index < -0.39 is 5.82 Å². The number of nitrogens with two attached hydrogens (primary N) is 1. The van der Waals surface area contributed by atoms with Crippen LogP contribution in [-0.4, -0.2) is 36.5 Å². The summed E-state index contributed by atoms with van der Waals surface area (Å²) in [5, 5.41) is 2.60. The number of piperidine rings is 1. The zero-order valence-corrected chi connectivity index (χ0v) is 11.8. The van der Waals surface area contributed by atoms with Crippen molar-refractivity contribution in [1.29, 1.82) is 0 Å². The Morgan fingerprint density at radius 2 is 2.25 bits per heavy atom. The van der Waals surface area contributed by atoms with E-state index in [1.54, 1.807) is 18.2 Å². The van der Waals surface area contributed by atoms with Crippen molar-refractivity contribution in [1.82, 2.24) is 4.90 Å². The first-order valence-corrected chi connectivity index (χ1v) is 7.08. The predicted molar refractivity (Wildman–Crippen MR) is 77.8 cm³/mol. The molecule has 0 radical (unpaired) electrons. The molecule has 2 unspecified atom stereocenters. The summed E-state index contributed by atoms with van der Waals surface area (Å²) in [6.07, 6.45) is 1.42. The monoisotopic (exact) mass is 279 g/mol. The van der Waals surface area contributed by atoms with Crippen molar-refractivity contribution in [3.63, 3.8) is 0 Å². The minimum absolute atomic E-state index is 0.165. The molecule has 0 bridgehead atoms. The summed E-state index contributed by atoms with van der Waals surface area (Å²) in [6.45, 7) is 4.63. The Bertz CT molecular complexity index is 466. The third-order valence-corrected chi connectivity index (χ3v) is 3.90. The number of anilines is 1. The molecule has 20 heavy (non-hydrogen) atoms. The number of carbonyl (C=O) groups is 1. The maximum Gasteiger partial charge on any atom is 0.225 e. The second-order valence-corrected chi connectivity index (χ2v) is 5.51. The van der Waals surface area contributed by atoms with E-state index in [0.717, 1.165) is 19.5 Å². The van der Waals surface area contributed by atoms with Gasteiger partial charge in [-0.3, -0.25) is 4.79 Å². The molecule has 1 aromatic rings. The summed E-state index contributed by atoms with van der Waals surface area (Å²) in [5.41, 5.74) is 6.26. The summed E-state index contributed by atoms with van der Waals surface area (Å²) >= 11 is 0. The van der Waals surface area contributed by atoms with E-state index >= 15 is 0 Å². The number of nitrogens with zero attached hydrogens (tertiary/aromatic N) is 1. The molecular weight excluding hydrogens is 257 g/mol. The van der Waals surface area contributed by atoms with Gasteiger partial charge in [0.05, 0.1) is 5.69 Å². The average molecular weight is 279 g/mol. The van der Waals surface area contributed by atoms with Gasteiger partial charge in [-0.15, -0.1) is 0 Å². The topological polar surface area (TPSA) is 58.4 Å². The SMILES string of the molecule is CC1CCN(CCC(=O)Nc2ccccc2F)CC1N. The number of hydrogen-bond acceptors (Lipinski definition) is 3. The summed E-state index contributed by atoms with van der Waals surface area (Å²) in [5.74, 6) is -0.0320. The second-order valence-electron chi connectivity index (χ2n) is 5.51. The Labute approximate surface area is 119 Å². The van der Waals surface area contributed by atoms with Crippen LogP contribution in [0.2, 0.25) is 0 Å². The van der Waals surface area contributed by atoms with Gasteiger partial charge in [-0.05, 0) is 31.0 Å². The molecule has 2 rings (SSSR count). The van der Waals surface area contributed by atoms with Crippen molar-refractivity contribution in [3.05, 3.63) is 30.1 Å². The first-order valence-electron chi connectivity index (χ1n) is 7.08. The molecule has 5 heteroatoms. The number of nitrogens with one attached hydrogen (secondary N) is 1. The molecule has 1 aliphatic rings. The molecule has 1 fully saturated rings. The van der Waals surface area contributed by atoms with Crippen LogP contribution in [-0.2, 0) is 4.79 Å². The largest absolute Gasteiger partial charge is 0.326 e. The van der Waals surface area contributed by atoms with Crippen LogP contribution in [0.3, 0.4) is 0 Å². The zero-order valence-electron chi connectivity index (χ0n) is 11.8. The first-order chi connectivity index (χ1) is 9.56. The Morgan fingerprint density at radius 3 is 2.95 bits per heavy atom. The van der Waals surface area contributed by atoms with Crippen LogP contribution in [0.4, 0.5) is 10.1 Å². The normalized spacial score (nSPS) is 23.6. The van der Waals surface area contributed by atoms with E-state index in [4.69, 9.17) is 5.73 Å². The molecule has 110 valence electrons. The average Bonchev–Trinajstić information content (AvgIpc) is 2.43. The van der Waals surface area contributed by atoms with Crippen molar-refractivity contribution < 1.29 is 9.18 Å². The van der Waals surface area contributed by atoms with Crippen molar-refractivity contribution in [2.75, 3.05) is 25.0 Å². The van der Waals surface area contributed by atoms with Crippen molar-refractivity contribution in [2.24, 2.45) is 11.7 Å². The molecule has 0 aromatic heterocycles. The molecular formula is C15H22FN3O. The quantitative estimate of drug-likeness (QED) is 0.884. The maximum absolute atomic E-state index is 13.4. The zero-order chi connectivity index (χ0) is 14.5. The van der Waals surface area contributed by atoms with Gasteiger partial charge in [0, 0.05) is 25.6 Å². The summed E-state index contributed by atoms with van der Waals surface area (Å²) < 4.78 is 13.4. The number of carbonyl (C=O) groups excluding carboxylic acids is 1. The molecule has 1 saturated heterocycles. The Morgan fingerprint density at radius 1 is 1.50 bits per heavy atom. The van der Waals surface area contributed by atoms with Gasteiger partial charge in [0.2, 0.25) is 5.91 Å². The first kappa shape index (κ1) is 14.9. The summed E-state index contributed by atoms with van der Waals surface area (Å²) in [7, 11) is 0. The van der Waals surface area contributed by atoms with Crippen LogP contribution >= 0.6 is 0 Å². The maximum atomic E-state index is 13.4. The number of likely N-dealkylation sites (tertiary alicyclic amines) is 1. The lowest BCUT2D eigenvalue weighted by Crippen LogP contribution is -2.48. The lowest BCUT2D eigenvalue weighted by molar-refractivity contribution is -0.116. The molecule has 0 aliphatic carbocycles. The Hall–Kier alpha value is -1.46. The fourth-order valence-corrected chi connectivity index (χ4v) is 2.41. The number of amides is 1. The molecule has 3 N–H and O–H groups in total. The highest BCUT2D eigenvalue weighted by Crippen LogP contribution is 2.16. The van der Waals surface area contributed by atoms with Crippen LogP contribution in [0.5, 0.6) is 0 Å². The van der Waals surface area contributed by atoms with Gasteiger partial charge in [0.25, 0.3) is 0 Å². The lowest BCUT2D eigenvalue weighted by Gasteiger charge is -2.34. The van der Waals surface area contributed by atoms with Crippen molar-refractivity contribution in [2.45, 2.75) is 25.8 Å². The van der Waals surface area contributed by atoms with Gasteiger partial charge >= 0.3 is 0 Å². The van der Waals surface area contributed by atoms with E-state index in [-0.39, 0.29) is 17.6 Å². The third-order valence-electron chi connectivity index (χ3n) is 3.90. The van der Waals surface area contributed by atoms with Gasteiger partial charge in [-0.25, -0.2) is 4.39 Å². The Kier molecular flexibility index (Phi) is 5.09. The number of rotatable bonds is 4. The number of benzene rings is 1. The number of hydrogen-bond donors (Lipinski definition) is 2. The summed E-state index contributed by atoms with van der Waals surface area (Å²) in [4.78, 5) is 14.0. The van der Waals surface area contributed by atoms with E-state index in [0.29, 0.717) is 18.9 Å². The highest BCUT2D eigenvalue weighted by molar-refractivity contribution is 5.90. The molecule has 2 atom stereocenters. The summed E-state index contributed by atoms with van der Waals surface area (Å²) in [6, 6.07) is 6.37. The van der Waals surface area contributed by atoms with Crippen LogP contribution in [0.15, 0.2) is 24.3 Å². The van der Waals surface area contributed by atoms with E-state index in [1.807, 2.05) is 0 Å². The van der Waals surface area contributed by atoms with Crippen LogP contribution in [0, 0.1) is 11.7 Å². The highest BCUT2D eigenvalue weighted by atomic mass is 19.1. The van der Waals surface area contributed by atoms with Crippen LogP contribution < -0.4 is 11.1 Å².